The van der Waals surface area contributed by atoms with Gasteiger partial charge in [-0.25, -0.2) is 0 Å². The normalized spacial score (nSPS) is 23.4. The molecule has 1 aromatic rings. The average molecular weight is 281 g/mol. The molecular weight excluding hydrogens is 266 g/mol. The fourth-order valence-electron chi connectivity index (χ4n) is 2.42. The average Bonchev–Trinajstić information content (AvgIpc) is 3.00. The highest BCUT2D eigenvalue weighted by Crippen LogP contribution is 2.39. The molecular formula is C17H15NO3. The Morgan fingerprint density at radius 1 is 1.33 bits per heavy atom. The first-order valence-corrected chi connectivity index (χ1v) is 6.68. The predicted molar refractivity (Wildman–Crippen MR) is 77.9 cm³/mol. The maximum absolute atomic E-state index is 9.56. The molecule has 0 bridgehead atoms. The summed E-state index contributed by atoms with van der Waals surface area (Å²) >= 11 is 0. The first kappa shape index (κ1) is 13.3. The summed E-state index contributed by atoms with van der Waals surface area (Å²) in [4.78, 5) is 0. The summed E-state index contributed by atoms with van der Waals surface area (Å²) in [6.07, 6.45) is 7.94. The fourth-order valence-corrected chi connectivity index (χ4v) is 2.42. The molecule has 0 saturated carbocycles. The molecule has 2 aliphatic rings. The molecule has 0 amide bonds. The van der Waals surface area contributed by atoms with Crippen LogP contribution < -0.4 is 4.74 Å². The maximum Gasteiger partial charge on any atom is 0.230 e. The third-order valence-electron chi connectivity index (χ3n) is 3.61. The Kier molecular flexibility index (Phi) is 3.41. The number of benzene rings is 1. The maximum atomic E-state index is 9.56. The number of para-hydroxylation sites is 1. The van der Waals surface area contributed by atoms with E-state index in [1.165, 1.54) is 0 Å². The largest absolute Gasteiger partial charge is 0.496 e. The molecule has 1 aliphatic heterocycles. The van der Waals surface area contributed by atoms with Gasteiger partial charge in [-0.1, -0.05) is 36.4 Å². The molecule has 106 valence electrons. The van der Waals surface area contributed by atoms with Crippen molar-refractivity contribution in [2.24, 2.45) is 5.41 Å². The zero-order valence-corrected chi connectivity index (χ0v) is 11.7. The molecule has 1 aromatic carbocycles. The molecule has 1 heterocycles. The number of methoxy groups -OCH3 is 1. The number of hydrogen-bond acceptors (Lipinski definition) is 4. The highest BCUT2D eigenvalue weighted by Gasteiger charge is 2.33. The molecule has 0 radical (unpaired) electrons. The summed E-state index contributed by atoms with van der Waals surface area (Å²) in [6, 6.07) is 10.0. The van der Waals surface area contributed by atoms with Crippen LogP contribution in [0.15, 0.2) is 54.0 Å². The van der Waals surface area contributed by atoms with Gasteiger partial charge in [0.2, 0.25) is 6.79 Å². The summed E-state index contributed by atoms with van der Waals surface area (Å²) in [5.41, 5.74) is 0.222. The van der Waals surface area contributed by atoms with Crippen molar-refractivity contribution < 1.29 is 14.2 Å². The summed E-state index contributed by atoms with van der Waals surface area (Å²) in [5, 5.41) is 9.56. The van der Waals surface area contributed by atoms with Crippen LogP contribution in [0.3, 0.4) is 0 Å². The van der Waals surface area contributed by atoms with E-state index in [0.29, 0.717) is 6.42 Å². The molecule has 4 nitrogen and oxygen atoms in total. The topological polar surface area (TPSA) is 51.5 Å². The zero-order chi connectivity index (χ0) is 14.7. The number of ether oxygens (including phenoxy) is 3. The van der Waals surface area contributed by atoms with E-state index >= 15 is 0 Å². The van der Waals surface area contributed by atoms with Crippen LogP contribution >= 0.6 is 0 Å². The van der Waals surface area contributed by atoms with Crippen molar-refractivity contribution in [3.8, 4) is 11.8 Å². The minimum Gasteiger partial charge on any atom is -0.496 e. The van der Waals surface area contributed by atoms with Crippen molar-refractivity contribution in [3.05, 3.63) is 59.6 Å². The molecule has 1 aliphatic carbocycles. The van der Waals surface area contributed by atoms with Crippen LogP contribution in [0.2, 0.25) is 0 Å². The molecule has 0 spiro atoms. The lowest BCUT2D eigenvalue weighted by molar-refractivity contribution is 0.0715. The van der Waals surface area contributed by atoms with Gasteiger partial charge in [0.1, 0.15) is 16.9 Å². The summed E-state index contributed by atoms with van der Waals surface area (Å²) in [6.45, 7) is 0.229. The quantitative estimate of drug-likeness (QED) is 0.852. The number of nitriles is 1. The molecule has 1 unspecified atom stereocenters. The van der Waals surface area contributed by atoms with Crippen molar-refractivity contribution in [2.75, 3.05) is 13.9 Å². The number of allylic oxidation sites excluding steroid dienone is 4. The molecule has 4 heteroatoms. The Balaban J connectivity index is 1.87. The molecule has 3 rings (SSSR count). The summed E-state index contributed by atoms with van der Waals surface area (Å²) in [5.74, 6) is 2.25. The van der Waals surface area contributed by atoms with E-state index in [1.54, 1.807) is 7.11 Å². The highest BCUT2D eigenvalue weighted by molar-refractivity contribution is 5.59. The standard InChI is InChI=1S/C17H15NO3/c1-19-14-5-3-2-4-13(14)6-8-17(11-18)9-7-15-16(10-17)21-12-20-15/h2-9H,10,12H2,1H3. The van der Waals surface area contributed by atoms with E-state index in [4.69, 9.17) is 14.2 Å². The van der Waals surface area contributed by atoms with Crippen LogP contribution in [-0.2, 0) is 9.47 Å². The van der Waals surface area contributed by atoms with Gasteiger partial charge in [-0.2, -0.15) is 5.26 Å². The van der Waals surface area contributed by atoms with Crippen LogP contribution in [0, 0.1) is 16.7 Å². The van der Waals surface area contributed by atoms with Crippen LogP contribution in [0.1, 0.15) is 12.0 Å². The van der Waals surface area contributed by atoms with Gasteiger partial charge in [-0.3, -0.25) is 0 Å². The van der Waals surface area contributed by atoms with Gasteiger partial charge in [0.05, 0.1) is 13.2 Å². The van der Waals surface area contributed by atoms with Gasteiger partial charge in [-0.05, 0) is 12.1 Å². The van der Waals surface area contributed by atoms with Crippen molar-refractivity contribution in [3.63, 3.8) is 0 Å². The minimum atomic E-state index is -0.715. The van der Waals surface area contributed by atoms with Crippen LogP contribution in [0.4, 0.5) is 0 Å². The van der Waals surface area contributed by atoms with Gasteiger partial charge < -0.3 is 14.2 Å². The monoisotopic (exact) mass is 281 g/mol. The van der Waals surface area contributed by atoms with Crippen molar-refractivity contribution in [1.82, 2.24) is 0 Å². The third-order valence-corrected chi connectivity index (χ3v) is 3.61. The molecule has 0 aromatic heterocycles. The number of rotatable bonds is 3. The molecule has 1 atom stereocenters. The van der Waals surface area contributed by atoms with E-state index in [0.717, 1.165) is 22.8 Å². The van der Waals surface area contributed by atoms with Crippen molar-refractivity contribution >= 4 is 6.08 Å². The molecule has 0 saturated heterocycles. The van der Waals surface area contributed by atoms with Gasteiger partial charge in [-0.15, -0.1) is 0 Å². The molecule has 0 fully saturated rings. The lowest BCUT2D eigenvalue weighted by Crippen LogP contribution is -2.16. The van der Waals surface area contributed by atoms with E-state index < -0.39 is 5.41 Å². The number of nitrogens with zero attached hydrogens (tertiary/aromatic N) is 1. The Hall–Kier alpha value is -2.67. The van der Waals surface area contributed by atoms with Gasteiger partial charge in [0, 0.05) is 12.0 Å². The van der Waals surface area contributed by atoms with Crippen LogP contribution in [0.25, 0.3) is 6.08 Å². The second kappa shape index (κ2) is 5.37. The zero-order valence-electron chi connectivity index (χ0n) is 11.7. The van der Waals surface area contributed by atoms with E-state index in [1.807, 2.05) is 48.6 Å². The molecule has 0 N–H and O–H groups in total. The van der Waals surface area contributed by atoms with E-state index in [-0.39, 0.29) is 6.79 Å². The third kappa shape index (κ3) is 2.50. The van der Waals surface area contributed by atoms with Crippen molar-refractivity contribution in [2.45, 2.75) is 6.42 Å². The Morgan fingerprint density at radius 2 is 2.19 bits per heavy atom. The Bertz CT molecular complexity index is 682. The smallest absolute Gasteiger partial charge is 0.230 e. The highest BCUT2D eigenvalue weighted by atomic mass is 16.7. The second-order valence-electron chi connectivity index (χ2n) is 4.93. The van der Waals surface area contributed by atoms with Gasteiger partial charge >= 0.3 is 0 Å². The lowest BCUT2D eigenvalue weighted by Gasteiger charge is -2.21. The summed E-state index contributed by atoms with van der Waals surface area (Å²) < 4.78 is 16.0. The SMILES string of the molecule is COc1ccccc1C=CC1(C#N)C=CC2=C(C1)OCO2. The lowest BCUT2D eigenvalue weighted by atomic mass is 9.81. The first-order chi connectivity index (χ1) is 10.3. The second-order valence-corrected chi connectivity index (χ2v) is 4.93. The van der Waals surface area contributed by atoms with Gasteiger partial charge in [0.15, 0.2) is 5.76 Å². The molecule has 21 heavy (non-hydrogen) atoms. The summed E-state index contributed by atoms with van der Waals surface area (Å²) in [7, 11) is 1.63. The fraction of sp³-hybridized carbons (Fsp3) is 0.235. The van der Waals surface area contributed by atoms with E-state index in [2.05, 4.69) is 6.07 Å². The van der Waals surface area contributed by atoms with E-state index in [9.17, 15) is 5.26 Å². The first-order valence-electron chi connectivity index (χ1n) is 6.68. The Morgan fingerprint density at radius 3 is 3.00 bits per heavy atom. The number of hydrogen-bond donors (Lipinski definition) is 0. The minimum absolute atomic E-state index is 0.229. The van der Waals surface area contributed by atoms with Gasteiger partial charge in [0.25, 0.3) is 0 Å². The van der Waals surface area contributed by atoms with Crippen LogP contribution in [-0.4, -0.2) is 13.9 Å². The Labute approximate surface area is 123 Å². The van der Waals surface area contributed by atoms with Crippen molar-refractivity contribution in [1.29, 1.82) is 5.26 Å². The van der Waals surface area contributed by atoms with Crippen LogP contribution in [0.5, 0.6) is 5.75 Å². The predicted octanol–water partition coefficient (Wildman–Crippen LogP) is 3.39.